The zero-order valence-corrected chi connectivity index (χ0v) is 34.8. The lowest BCUT2D eigenvalue weighted by molar-refractivity contribution is -0.126. The summed E-state index contributed by atoms with van der Waals surface area (Å²) in [5.74, 6) is 7.99. The van der Waals surface area contributed by atoms with Gasteiger partial charge in [-0.2, -0.15) is 0 Å². The molecule has 0 amide bonds. The van der Waals surface area contributed by atoms with Crippen molar-refractivity contribution in [2.45, 2.75) is 143 Å². The number of carbonyl (C=O) groups excluding carboxylic acids is 1. The predicted octanol–water partition coefficient (Wildman–Crippen LogP) is 13.8. The van der Waals surface area contributed by atoms with Gasteiger partial charge in [-0.3, -0.25) is 4.79 Å². The Morgan fingerprint density at radius 2 is 1.50 bits per heavy atom. The van der Waals surface area contributed by atoms with Crippen molar-refractivity contribution in [3.63, 3.8) is 0 Å². The van der Waals surface area contributed by atoms with Crippen molar-refractivity contribution < 1.29 is 14.3 Å². The summed E-state index contributed by atoms with van der Waals surface area (Å²) in [5, 5.41) is 1.07. The summed E-state index contributed by atoms with van der Waals surface area (Å²) in [6.45, 7) is 13.5. The number of benzene rings is 2. The van der Waals surface area contributed by atoms with Crippen LogP contribution in [0.4, 0.5) is 0 Å². The molecule has 0 aromatic heterocycles. The van der Waals surface area contributed by atoms with Gasteiger partial charge in [0.25, 0.3) is 0 Å². The van der Waals surface area contributed by atoms with Gasteiger partial charge < -0.3 is 9.47 Å². The minimum atomic E-state index is 0.0123. The highest BCUT2D eigenvalue weighted by molar-refractivity contribution is 9.09. The molecule has 2 aromatic rings. The number of ketones is 1. The first-order valence-electron chi connectivity index (χ1n) is 21.4. The third kappa shape index (κ3) is 9.23. The molecule has 0 aliphatic heterocycles. The van der Waals surface area contributed by atoms with Crippen LogP contribution >= 0.6 is 15.9 Å². The maximum Gasteiger partial charge on any atom is 0.185 e. The Morgan fingerprint density at radius 1 is 0.788 bits per heavy atom. The molecule has 2 aromatic carbocycles. The van der Waals surface area contributed by atoms with E-state index in [2.05, 4.69) is 50.5 Å². The Kier molecular flexibility index (Phi) is 13.7. The fourth-order valence-electron chi connectivity index (χ4n) is 11.9. The van der Waals surface area contributed by atoms with Gasteiger partial charge in [0.1, 0.15) is 11.5 Å². The Labute approximate surface area is 325 Å². The van der Waals surface area contributed by atoms with Crippen LogP contribution in [0.1, 0.15) is 153 Å². The Balaban J connectivity index is 0.969. The third-order valence-corrected chi connectivity index (χ3v) is 15.4. The lowest BCUT2D eigenvalue weighted by Crippen LogP contribution is -2.54. The topological polar surface area (TPSA) is 35.5 Å². The van der Waals surface area contributed by atoms with Crippen molar-refractivity contribution in [1.82, 2.24) is 0 Å². The van der Waals surface area contributed by atoms with Crippen molar-refractivity contribution in [2.24, 2.45) is 52.3 Å². The first kappa shape index (κ1) is 39.6. The summed E-state index contributed by atoms with van der Waals surface area (Å²) in [7, 11) is 0. The number of fused-ring (bicyclic) bond motifs is 5. The number of allylic oxidation sites excluding steroid dienone is 1. The molecular weight excluding hydrogens is 704 g/mol. The van der Waals surface area contributed by atoms with Gasteiger partial charge >= 0.3 is 0 Å². The second-order valence-electron chi connectivity index (χ2n) is 18.4. The van der Waals surface area contributed by atoms with E-state index in [4.69, 9.17) is 9.47 Å². The van der Waals surface area contributed by atoms with Crippen molar-refractivity contribution >= 4 is 27.8 Å². The number of alkyl halides is 1. The van der Waals surface area contributed by atoms with Crippen LogP contribution in [-0.2, 0) is 0 Å². The Morgan fingerprint density at radius 3 is 2.25 bits per heavy atom. The van der Waals surface area contributed by atoms with E-state index >= 15 is 0 Å². The van der Waals surface area contributed by atoms with E-state index in [9.17, 15) is 4.79 Å². The second-order valence-corrected chi connectivity index (χ2v) is 19.2. The number of ether oxygens (including phenoxy) is 2. The zero-order chi connectivity index (χ0) is 36.7. The van der Waals surface area contributed by atoms with Gasteiger partial charge in [-0.25, -0.2) is 0 Å². The van der Waals surface area contributed by atoms with E-state index < -0.39 is 0 Å². The van der Waals surface area contributed by atoms with Crippen LogP contribution in [0, 0.1) is 52.3 Å². The van der Waals surface area contributed by atoms with E-state index in [1.54, 1.807) is 6.08 Å². The van der Waals surface area contributed by atoms with Crippen molar-refractivity contribution in [3.8, 4) is 11.5 Å². The summed E-state index contributed by atoms with van der Waals surface area (Å²) in [5.41, 5.74) is 2.72. The number of hydrogen-bond donors (Lipinski definition) is 0. The number of hydrogen-bond acceptors (Lipinski definition) is 3. The zero-order valence-electron chi connectivity index (χ0n) is 33.2. The van der Waals surface area contributed by atoms with Crippen LogP contribution in [-0.4, -0.2) is 23.8 Å². The van der Waals surface area contributed by atoms with E-state index in [1.807, 2.05) is 54.6 Å². The number of unbranched alkanes of at least 4 members (excludes halogenated alkanes) is 3. The molecule has 0 bridgehead atoms. The predicted molar refractivity (Wildman–Crippen MR) is 221 cm³/mol. The van der Waals surface area contributed by atoms with Gasteiger partial charge in [0, 0.05) is 10.9 Å². The molecule has 0 N–H and O–H groups in total. The fraction of sp³-hybridized carbons (Fsp3) is 0.688. The second kappa shape index (κ2) is 18.0. The van der Waals surface area contributed by atoms with Crippen LogP contribution in [0.2, 0.25) is 0 Å². The average molecular weight is 774 g/mol. The minimum absolute atomic E-state index is 0.0123. The highest BCUT2D eigenvalue weighted by atomic mass is 79.9. The molecule has 4 aliphatic rings. The van der Waals surface area contributed by atoms with Gasteiger partial charge in [0.2, 0.25) is 0 Å². The van der Waals surface area contributed by atoms with E-state index in [0.717, 1.165) is 83.3 Å². The molecule has 0 saturated heterocycles. The van der Waals surface area contributed by atoms with Crippen LogP contribution < -0.4 is 9.47 Å². The van der Waals surface area contributed by atoms with Crippen LogP contribution in [0.15, 0.2) is 54.6 Å². The molecule has 4 aliphatic carbocycles. The standard InChI is InChI=1S/C48H69BrO3/c1-34(2)11-10-12-35(3)43-24-25-44-42-23-18-38-33-41(27-29-47(38,4)45(42)28-30-48(43,44)5)52-40-21-16-37(17-22-40)46(50)26-15-36-13-19-39(20-14-36)51-32-9-7-6-8-31-49/h13-17,19-22,26,34-35,38,41-45H,6-12,18,23-25,27-33H2,1-5H3/t35-,38?,41?,42?,43-,44?,45?,47+,48-/m1/s1. The number of rotatable bonds is 17. The van der Waals surface area contributed by atoms with Crippen molar-refractivity contribution in [2.75, 3.05) is 11.9 Å². The van der Waals surface area contributed by atoms with Gasteiger partial charge in [-0.1, -0.05) is 101 Å². The van der Waals surface area contributed by atoms with Crippen LogP contribution in [0.25, 0.3) is 6.08 Å². The quantitative estimate of drug-likeness (QED) is 0.0695. The molecule has 286 valence electrons. The largest absolute Gasteiger partial charge is 0.494 e. The van der Waals surface area contributed by atoms with E-state index in [-0.39, 0.29) is 11.9 Å². The Hall–Kier alpha value is -2.07. The monoisotopic (exact) mass is 772 g/mol. The highest BCUT2D eigenvalue weighted by Crippen LogP contribution is 2.68. The summed E-state index contributed by atoms with van der Waals surface area (Å²) < 4.78 is 12.5. The van der Waals surface area contributed by atoms with Crippen LogP contribution in [0.5, 0.6) is 11.5 Å². The molecule has 4 heteroatoms. The maximum absolute atomic E-state index is 13.0. The Bertz CT molecular complexity index is 1450. The normalized spacial score (nSPS) is 31.9. The highest BCUT2D eigenvalue weighted by Gasteiger charge is 2.60. The molecule has 3 nitrogen and oxygen atoms in total. The van der Waals surface area contributed by atoms with Gasteiger partial charge in [-0.15, -0.1) is 0 Å². The van der Waals surface area contributed by atoms with Gasteiger partial charge in [0.05, 0.1) is 12.7 Å². The van der Waals surface area contributed by atoms with E-state index in [0.29, 0.717) is 16.4 Å². The van der Waals surface area contributed by atoms with E-state index in [1.165, 1.54) is 89.9 Å². The minimum Gasteiger partial charge on any atom is -0.494 e. The van der Waals surface area contributed by atoms with Crippen molar-refractivity contribution in [1.29, 1.82) is 0 Å². The smallest absolute Gasteiger partial charge is 0.185 e. The molecule has 4 fully saturated rings. The molecule has 6 rings (SSSR count). The number of carbonyl (C=O) groups is 1. The van der Waals surface area contributed by atoms with Gasteiger partial charge in [-0.05, 0) is 171 Å². The summed E-state index contributed by atoms with van der Waals surface area (Å²) in [4.78, 5) is 13.0. The number of halogens is 1. The maximum atomic E-state index is 13.0. The molecule has 4 saturated carbocycles. The SMILES string of the molecule is CC(C)CCC[C@@H](C)[C@H]1CCC2C3CCC4CC(Oc5ccc(C(=O)C=Cc6ccc(OCCCCCCBr)cc6)cc5)CC[C@]4(C)C3CC[C@@]21C. The molecule has 52 heavy (non-hydrogen) atoms. The summed E-state index contributed by atoms with van der Waals surface area (Å²) >= 11 is 3.49. The third-order valence-electron chi connectivity index (χ3n) is 14.9. The summed E-state index contributed by atoms with van der Waals surface area (Å²) in [6, 6.07) is 15.8. The molecular formula is C48H69BrO3. The molecule has 0 heterocycles. The fourth-order valence-corrected chi connectivity index (χ4v) is 12.3. The first-order valence-corrected chi connectivity index (χ1v) is 22.5. The first-order chi connectivity index (χ1) is 25.1. The molecule has 0 radical (unpaired) electrons. The van der Waals surface area contributed by atoms with Crippen molar-refractivity contribution in [3.05, 3.63) is 65.7 Å². The lowest BCUT2D eigenvalue weighted by atomic mass is 9.44. The average Bonchev–Trinajstić information content (AvgIpc) is 3.50. The van der Waals surface area contributed by atoms with Crippen LogP contribution in [0.3, 0.4) is 0 Å². The molecule has 5 unspecified atom stereocenters. The molecule has 9 atom stereocenters. The lowest BCUT2D eigenvalue weighted by Gasteiger charge is -2.61. The molecule has 0 spiro atoms. The van der Waals surface area contributed by atoms with Gasteiger partial charge in [0.15, 0.2) is 5.78 Å². The summed E-state index contributed by atoms with van der Waals surface area (Å²) in [6.07, 6.45) is 25.1.